The van der Waals surface area contributed by atoms with Crippen LogP contribution in [0.5, 0.6) is 0 Å². The molecular weight excluding hydrogens is 376 g/mol. The third-order valence-corrected chi connectivity index (χ3v) is 5.74. The molecule has 0 bridgehead atoms. The van der Waals surface area contributed by atoms with Crippen LogP contribution >= 0.6 is 0 Å². The van der Waals surface area contributed by atoms with E-state index in [4.69, 9.17) is 4.42 Å². The maximum Gasteiger partial charge on any atom is 0.296 e. The lowest BCUT2D eigenvalue weighted by Crippen LogP contribution is -2.30. The molecule has 5 nitrogen and oxygen atoms in total. The molecule has 0 N–H and O–H groups in total. The van der Waals surface area contributed by atoms with Crippen molar-refractivity contribution in [3.63, 3.8) is 0 Å². The van der Waals surface area contributed by atoms with E-state index in [2.05, 4.69) is 4.98 Å². The highest BCUT2D eigenvalue weighted by Gasteiger charge is 2.44. The van der Waals surface area contributed by atoms with Gasteiger partial charge in [-0.3, -0.25) is 14.5 Å². The van der Waals surface area contributed by atoms with Crippen LogP contribution in [0, 0.1) is 20.8 Å². The lowest BCUT2D eigenvalue weighted by Gasteiger charge is -2.24. The minimum atomic E-state index is -0.592. The molecule has 0 saturated carbocycles. The smallest absolute Gasteiger partial charge is 0.296 e. The van der Waals surface area contributed by atoms with Crippen molar-refractivity contribution in [2.24, 2.45) is 0 Å². The number of benzene rings is 2. The number of nitrogens with zero attached hydrogens (tertiary/aromatic N) is 2. The summed E-state index contributed by atoms with van der Waals surface area (Å²) in [4.78, 5) is 33.1. The largest absolute Gasteiger partial charge is 0.450 e. The fraction of sp³-hybridized carbons (Fsp3) is 0.160. The standard InChI is InChI=1S/C25H20N2O3/c1-14-9-10-20(26-13-14)27-22(17-7-5-4-6-8-17)21-23(28)18-11-15(2)16(3)12-19(18)30-24(21)25(27)29/h4-13,22H,1-3H3. The van der Waals surface area contributed by atoms with Crippen molar-refractivity contribution in [2.45, 2.75) is 26.8 Å². The van der Waals surface area contributed by atoms with Gasteiger partial charge in [0, 0.05) is 6.20 Å². The summed E-state index contributed by atoms with van der Waals surface area (Å²) >= 11 is 0. The van der Waals surface area contributed by atoms with E-state index in [0.717, 1.165) is 22.3 Å². The van der Waals surface area contributed by atoms with Crippen LogP contribution in [0.4, 0.5) is 5.82 Å². The van der Waals surface area contributed by atoms with Gasteiger partial charge in [-0.2, -0.15) is 0 Å². The van der Waals surface area contributed by atoms with Crippen LogP contribution in [-0.4, -0.2) is 10.9 Å². The van der Waals surface area contributed by atoms with Crippen LogP contribution in [0.2, 0.25) is 0 Å². The monoisotopic (exact) mass is 396 g/mol. The Bertz CT molecular complexity index is 1360. The number of hydrogen-bond donors (Lipinski definition) is 0. The highest BCUT2D eigenvalue weighted by molar-refractivity contribution is 6.10. The summed E-state index contributed by atoms with van der Waals surface area (Å²) in [5.41, 5.74) is 4.46. The van der Waals surface area contributed by atoms with Crippen LogP contribution in [-0.2, 0) is 0 Å². The van der Waals surface area contributed by atoms with Crippen molar-refractivity contribution in [1.82, 2.24) is 4.98 Å². The first kappa shape index (κ1) is 18.3. The molecule has 3 heterocycles. The highest BCUT2D eigenvalue weighted by atomic mass is 16.3. The lowest BCUT2D eigenvalue weighted by atomic mass is 9.97. The Morgan fingerprint density at radius 1 is 0.933 bits per heavy atom. The van der Waals surface area contributed by atoms with Gasteiger partial charge in [0.05, 0.1) is 17.0 Å². The van der Waals surface area contributed by atoms with E-state index in [1.807, 2.05) is 69.3 Å². The molecule has 1 amide bonds. The number of hydrogen-bond acceptors (Lipinski definition) is 4. The summed E-state index contributed by atoms with van der Waals surface area (Å²) in [7, 11) is 0. The predicted molar refractivity (Wildman–Crippen MR) is 116 cm³/mol. The molecule has 0 radical (unpaired) electrons. The van der Waals surface area contributed by atoms with E-state index in [-0.39, 0.29) is 17.1 Å². The average Bonchev–Trinajstić information content (AvgIpc) is 3.04. The van der Waals surface area contributed by atoms with Crippen LogP contribution in [0.1, 0.15) is 44.4 Å². The second-order valence-corrected chi connectivity index (χ2v) is 7.79. The van der Waals surface area contributed by atoms with E-state index < -0.39 is 6.04 Å². The molecule has 1 aliphatic heterocycles. The third-order valence-electron chi connectivity index (χ3n) is 5.74. The number of carbonyl (C=O) groups is 1. The number of pyridine rings is 1. The van der Waals surface area contributed by atoms with E-state index in [0.29, 0.717) is 22.4 Å². The summed E-state index contributed by atoms with van der Waals surface area (Å²) in [6.07, 6.45) is 1.71. The van der Waals surface area contributed by atoms with Gasteiger partial charge in [0.2, 0.25) is 5.76 Å². The molecule has 5 rings (SSSR count). The first-order valence-corrected chi connectivity index (χ1v) is 9.85. The Morgan fingerprint density at radius 3 is 2.37 bits per heavy atom. The molecule has 0 saturated heterocycles. The van der Waals surface area contributed by atoms with Crippen molar-refractivity contribution in [2.75, 3.05) is 4.90 Å². The van der Waals surface area contributed by atoms with E-state index in [1.54, 1.807) is 17.2 Å². The van der Waals surface area contributed by atoms with Gasteiger partial charge in [0.15, 0.2) is 5.43 Å². The van der Waals surface area contributed by atoms with Crippen LogP contribution < -0.4 is 10.3 Å². The second kappa shape index (κ2) is 6.66. The lowest BCUT2D eigenvalue weighted by molar-refractivity contribution is 0.0970. The summed E-state index contributed by atoms with van der Waals surface area (Å²) in [5.74, 6) is 0.223. The van der Waals surface area contributed by atoms with Gasteiger partial charge in [-0.15, -0.1) is 0 Å². The van der Waals surface area contributed by atoms with Crippen molar-refractivity contribution in [3.05, 3.63) is 105 Å². The van der Waals surface area contributed by atoms with Crippen molar-refractivity contribution >= 4 is 22.7 Å². The number of fused-ring (bicyclic) bond motifs is 2. The zero-order valence-corrected chi connectivity index (χ0v) is 17.0. The molecular formula is C25H20N2O3. The Balaban J connectivity index is 1.83. The fourth-order valence-electron chi connectivity index (χ4n) is 4.02. The quantitative estimate of drug-likeness (QED) is 0.485. The van der Waals surface area contributed by atoms with Gasteiger partial charge < -0.3 is 4.42 Å². The zero-order chi connectivity index (χ0) is 21.0. The second-order valence-electron chi connectivity index (χ2n) is 7.79. The van der Waals surface area contributed by atoms with Gasteiger partial charge in [-0.25, -0.2) is 4.98 Å². The van der Waals surface area contributed by atoms with Crippen LogP contribution in [0.3, 0.4) is 0 Å². The van der Waals surface area contributed by atoms with Gasteiger partial charge in [0.1, 0.15) is 11.4 Å². The first-order valence-electron chi connectivity index (χ1n) is 9.85. The van der Waals surface area contributed by atoms with Crippen LogP contribution in [0.15, 0.2) is 70.0 Å². The number of aryl methyl sites for hydroxylation is 3. The number of amides is 1. The van der Waals surface area contributed by atoms with E-state index in [1.165, 1.54) is 0 Å². The topological polar surface area (TPSA) is 63.4 Å². The number of rotatable bonds is 2. The normalized spacial score (nSPS) is 15.6. The maximum atomic E-state index is 13.6. The summed E-state index contributed by atoms with van der Waals surface area (Å²) in [6.45, 7) is 5.86. The van der Waals surface area contributed by atoms with E-state index >= 15 is 0 Å². The average molecular weight is 396 g/mol. The number of anilines is 1. The minimum Gasteiger partial charge on any atom is -0.450 e. The molecule has 0 spiro atoms. The van der Waals surface area contributed by atoms with Crippen LogP contribution in [0.25, 0.3) is 11.0 Å². The summed E-state index contributed by atoms with van der Waals surface area (Å²) in [6, 6.07) is 16.3. The number of aromatic nitrogens is 1. The zero-order valence-electron chi connectivity index (χ0n) is 17.0. The molecule has 4 aromatic rings. The Hall–Kier alpha value is -3.73. The molecule has 0 aliphatic carbocycles. The third kappa shape index (κ3) is 2.66. The SMILES string of the molecule is Cc1ccc(N2C(=O)c3oc4cc(C)c(C)cc4c(=O)c3C2c2ccccc2)nc1. The fourth-order valence-corrected chi connectivity index (χ4v) is 4.02. The van der Waals surface area contributed by atoms with Gasteiger partial charge in [-0.1, -0.05) is 36.4 Å². The van der Waals surface area contributed by atoms with Gasteiger partial charge in [-0.05, 0) is 61.2 Å². The Labute approximate surface area is 173 Å². The maximum absolute atomic E-state index is 13.6. The van der Waals surface area contributed by atoms with Crippen molar-refractivity contribution < 1.29 is 9.21 Å². The molecule has 148 valence electrons. The first-order chi connectivity index (χ1) is 14.5. The van der Waals surface area contributed by atoms with Gasteiger partial charge >= 0.3 is 0 Å². The van der Waals surface area contributed by atoms with Gasteiger partial charge in [0.25, 0.3) is 5.91 Å². The molecule has 2 aromatic carbocycles. The number of carbonyl (C=O) groups excluding carboxylic acids is 1. The van der Waals surface area contributed by atoms with E-state index in [9.17, 15) is 9.59 Å². The van der Waals surface area contributed by atoms with Crippen molar-refractivity contribution in [3.8, 4) is 0 Å². The summed E-state index contributed by atoms with van der Waals surface area (Å²) in [5, 5.41) is 0.490. The summed E-state index contributed by atoms with van der Waals surface area (Å²) < 4.78 is 6.04. The Kier molecular flexibility index (Phi) is 4.07. The molecule has 1 atom stereocenters. The molecule has 1 unspecified atom stereocenters. The minimum absolute atomic E-state index is 0.0898. The molecule has 5 heteroatoms. The molecule has 0 fully saturated rings. The molecule has 30 heavy (non-hydrogen) atoms. The highest BCUT2D eigenvalue weighted by Crippen LogP contribution is 2.40. The molecule has 2 aromatic heterocycles. The predicted octanol–water partition coefficient (Wildman–Crippen LogP) is 4.86. The Morgan fingerprint density at radius 2 is 1.67 bits per heavy atom. The molecule has 1 aliphatic rings. The van der Waals surface area contributed by atoms with Crippen molar-refractivity contribution in [1.29, 1.82) is 0 Å².